The molecule has 0 aliphatic heterocycles. The van der Waals surface area contributed by atoms with Crippen molar-refractivity contribution in [1.29, 1.82) is 0 Å². The minimum atomic E-state index is -0.295. The summed E-state index contributed by atoms with van der Waals surface area (Å²) in [5, 5.41) is 3.17. The van der Waals surface area contributed by atoms with Crippen molar-refractivity contribution in [3.05, 3.63) is 57.4 Å². The number of nitrogens with zero attached hydrogens (tertiary/aromatic N) is 3. The molecule has 3 rings (SSSR count). The molecule has 25 heavy (non-hydrogen) atoms. The molecule has 6 nitrogen and oxygen atoms in total. The summed E-state index contributed by atoms with van der Waals surface area (Å²) in [6.45, 7) is 3.65. The Kier molecular flexibility index (Phi) is 4.94. The third-order valence-electron chi connectivity index (χ3n) is 3.56. The van der Waals surface area contributed by atoms with E-state index in [9.17, 15) is 9.59 Å². The smallest absolute Gasteiger partial charge is 0.263 e. The number of halogens is 1. The Morgan fingerprint density at radius 3 is 2.68 bits per heavy atom. The van der Waals surface area contributed by atoms with Gasteiger partial charge in [-0.1, -0.05) is 30.3 Å². The van der Waals surface area contributed by atoms with Crippen molar-refractivity contribution in [2.75, 3.05) is 0 Å². The highest BCUT2D eigenvalue weighted by Gasteiger charge is 2.16. The fraction of sp³-hybridized carbons (Fsp3) is 0.222. The van der Waals surface area contributed by atoms with Crippen LogP contribution in [0.2, 0.25) is 0 Å². The van der Waals surface area contributed by atoms with Gasteiger partial charge in [-0.05, 0) is 35.8 Å². The second-order valence-corrected chi connectivity index (χ2v) is 6.86. The van der Waals surface area contributed by atoms with Gasteiger partial charge >= 0.3 is 0 Å². The average molecular weight is 401 g/mol. The van der Waals surface area contributed by atoms with Gasteiger partial charge in [-0.3, -0.25) is 14.2 Å². The van der Waals surface area contributed by atoms with Gasteiger partial charge < -0.3 is 5.32 Å². The lowest BCUT2D eigenvalue weighted by atomic mass is 10.2. The maximum atomic E-state index is 13.0. The van der Waals surface area contributed by atoms with E-state index < -0.39 is 0 Å². The summed E-state index contributed by atoms with van der Waals surface area (Å²) in [5.74, 6) is 0.185. The topological polar surface area (TPSA) is 76.9 Å². The monoisotopic (exact) mass is 400 g/mol. The number of rotatable bonds is 4. The molecule has 0 unspecified atom stereocenters. The van der Waals surface area contributed by atoms with Crippen molar-refractivity contribution < 1.29 is 4.79 Å². The third-order valence-corrected chi connectivity index (χ3v) is 3.99. The van der Waals surface area contributed by atoms with Crippen LogP contribution in [0, 0.1) is 0 Å². The molecule has 0 radical (unpaired) electrons. The van der Waals surface area contributed by atoms with E-state index in [1.54, 1.807) is 12.3 Å². The van der Waals surface area contributed by atoms with Crippen LogP contribution in [0.5, 0.6) is 0 Å². The Hall–Kier alpha value is -2.54. The third kappa shape index (κ3) is 3.76. The number of amides is 1. The van der Waals surface area contributed by atoms with Gasteiger partial charge in [0.1, 0.15) is 12.4 Å². The highest BCUT2D eigenvalue weighted by atomic mass is 79.9. The van der Waals surface area contributed by atoms with Crippen molar-refractivity contribution >= 4 is 32.9 Å². The number of pyridine rings is 1. The first kappa shape index (κ1) is 17.3. The molecule has 0 spiro atoms. The molecule has 1 aromatic carbocycles. The molecule has 0 bridgehead atoms. The number of aromatic nitrogens is 3. The highest BCUT2D eigenvalue weighted by molar-refractivity contribution is 9.10. The zero-order chi connectivity index (χ0) is 18.0. The molecule has 0 fully saturated rings. The normalized spacial score (nSPS) is 11.0. The lowest BCUT2D eigenvalue weighted by Crippen LogP contribution is -2.37. The summed E-state index contributed by atoms with van der Waals surface area (Å²) in [5.41, 5.74) is 0.813. The molecule has 1 N–H and O–H groups in total. The quantitative estimate of drug-likeness (QED) is 0.730. The number of hydrogen-bond donors (Lipinski definition) is 1. The molecule has 0 aliphatic carbocycles. The van der Waals surface area contributed by atoms with Crippen molar-refractivity contribution in [2.45, 2.75) is 26.4 Å². The van der Waals surface area contributed by atoms with Crippen LogP contribution in [-0.2, 0) is 11.3 Å². The van der Waals surface area contributed by atoms with Gasteiger partial charge in [0.25, 0.3) is 5.56 Å². The summed E-state index contributed by atoms with van der Waals surface area (Å²) in [6.07, 6.45) is 1.60. The van der Waals surface area contributed by atoms with Gasteiger partial charge in [0, 0.05) is 22.3 Å². The van der Waals surface area contributed by atoms with Crippen LogP contribution in [0.15, 0.2) is 51.9 Å². The molecule has 0 saturated heterocycles. The summed E-state index contributed by atoms with van der Waals surface area (Å²) in [6, 6.07) is 11.0. The molecule has 128 valence electrons. The fourth-order valence-electron chi connectivity index (χ4n) is 2.55. The predicted octanol–water partition coefficient (Wildman–Crippen LogP) is 2.75. The molecule has 2 heterocycles. The highest BCUT2D eigenvalue weighted by Crippen LogP contribution is 2.19. The Balaban J connectivity index is 2.21. The lowest BCUT2D eigenvalue weighted by molar-refractivity contribution is -0.122. The number of hydrogen-bond acceptors (Lipinski definition) is 4. The number of carbonyl (C=O) groups is 1. The van der Waals surface area contributed by atoms with Gasteiger partial charge in [-0.15, -0.1) is 0 Å². The number of carbonyl (C=O) groups excluding carboxylic acids is 1. The van der Waals surface area contributed by atoms with Gasteiger partial charge in [-0.25, -0.2) is 9.97 Å². The van der Waals surface area contributed by atoms with Crippen LogP contribution >= 0.6 is 15.9 Å². The second kappa shape index (κ2) is 7.14. The minimum absolute atomic E-state index is 0.00685. The van der Waals surface area contributed by atoms with Crippen LogP contribution in [0.25, 0.3) is 22.4 Å². The van der Waals surface area contributed by atoms with E-state index in [1.165, 1.54) is 4.57 Å². The Labute approximate surface area is 153 Å². The second-order valence-electron chi connectivity index (χ2n) is 5.94. The first-order valence-electron chi connectivity index (χ1n) is 7.86. The van der Waals surface area contributed by atoms with E-state index in [0.717, 1.165) is 5.56 Å². The van der Waals surface area contributed by atoms with Crippen LogP contribution in [0.1, 0.15) is 13.8 Å². The largest absolute Gasteiger partial charge is 0.352 e. The van der Waals surface area contributed by atoms with E-state index in [-0.39, 0.29) is 24.1 Å². The Morgan fingerprint density at radius 1 is 1.28 bits per heavy atom. The molecule has 0 saturated carbocycles. The first-order valence-corrected chi connectivity index (χ1v) is 8.66. The molecular weight excluding hydrogens is 384 g/mol. The molecule has 2 aromatic heterocycles. The average Bonchev–Trinajstić information content (AvgIpc) is 2.58. The first-order chi connectivity index (χ1) is 12.0. The van der Waals surface area contributed by atoms with Crippen LogP contribution in [0.4, 0.5) is 0 Å². The minimum Gasteiger partial charge on any atom is -0.352 e. The maximum absolute atomic E-state index is 13.0. The van der Waals surface area contributed by atoms with Gasteiger partial charge in [0.2, 0.25) is 5.91 Å². The zero-order valence-corrected chi connectivity index (χ0v) is 15.4. The van der Waals surface area contributed by atoms with E-state index in [2.05, 4.69) is 31.2 Å². The fourth-order valence-corrected chi connectivity index (χ4v) is 2.88. The van der Waals surface area contributed by atoms with Crippen LogP contribution < -0.4 is 10.9 Å². The number of nitrogens with one attached hydrogen (secondary N) is 1. The standard InChI is InChI=1S/C18H17BrN4O2/c1-11(2)21-15(24)10-23-17(12-6-4-3-5-7-12)22-16-14(18(23)25)8-13(19)9-20-16/h3-9,11H,10H2,1-2H3,(H,21,24). The molecular formula is C18H17BrN4O2. The summed E-state index contributed by atoms with van der Waals surface area (Å²) in [4.78, 5) is 34.0. The van der Waals surface area contributed by atoms with Crippen molar-refractivity contribution in [2.24, 2.45) is 0 Å². The predicted molar refractivity (Wildman–Crippen MR) is 100 cm³/mol. The summed E-state index contributed by atoms with van der Waals surface area (Å²) >= 11 is 3.32. The number of fused-ring (bicyclic) bond motifs is 1. The lowest BCUT2D eigenvalue weighted by Gasteiger charge is -2.14. The summed E-state index contributed by atoms with van der Waals surface area (Å²) in [7, 11) is 0. The van der Waals surface area contributed by atoms with Gasteiger partial charge in [-0.2, -0.15) is 0 Å². The van der Waals surface area contributed by atoms with E-state index in [4.69, 9.17) is 0 Å². The summed E-state index contributed by atoms with van der Waals surface area (Å²) < 4.78 is 2.08. The SMILES string of the molecule is CC(C)NC(=O)Cn1c(-c2ccccc2)nc2ncc(Br)cc2c1=O. The maximum Gasteiger partial charge on any atom is 0.263 e. The van der Waals surface area contributed by atoms with Crippen molar-refractivity contribution in [3.8, 4) is 11.4 Å². The van der Waals surface area contributed by atoms with Crippen LogP contribution in [0.3, 0.4) is 0 Å². The molecule has 0 aliphatic rings. The number of benzene rings is 1. The van der Waals surface area contributed by atoms with E-state index in [1.807, 2.05) is 44.2 Å². The molecule has 1 amide bonds. The van der Waals surface area contributed by atoms with Crippen molar-refractivity contribution in [1.82, 2.24) is 19.9 Å². The molecule has 3 aromatic rings. The van der Waals surface area contributed by atoms with Gasteiger partial charge in [0.05, 0.1) is 5.39 Å². The Bertz CT molecular complexity index is 984. The van der Waals surface area contributed by atoms with E-state index >= 15 is 0 Å². The van der Waals surface area contributed by atoms with Crippen molar-refractivity contribution in [3.63, 3.8) is 0 Å². The molecule has 7 heteroatoms. The van der Waals surface area contributed by atoms with Crippen LogP contribution in [-0.4, -0.2) is 26.5 Å². The molecule has 0 atom stereocenters. The Morgan fingerprint density at radius 2 is 2.00 bits per heavy atom. The zero-order valence-electron chi connectivity index (χ0n) is 13.9. The van der Waals surface area contributed by atoms with Gasteiger partial charge in [0.15, 0.2) is 5.65 Å². The van der Waals surface area contributed by atoms with E-state index in [0.29, 0.717) is 21.3 Å².